The maximum absolute atomic E-state index is 10.8. The third-order valence-electron chi connectivity index (χ3n) is 4.18. The lowest BCUT2D eigenvalue weighted by Crippen LogP contribution is -2.46. The van der Waals surface area contributed by atoms with Crippen LogP contribution in [0.15, 0.2) is 0 Å². The van der Waals surface area contributed by atoms with E-state index in [0.29, 0.717) is 0 Å². The summed E-state index contributed by atoms with van der Waals surface area (Å²) in [4.78, 5) is 27.7. The molecule has 0 saturated carbocycles. The highest BCUT2D eigenvalue weighted by Crippen LogP contribution is 2.15. The van der Waals surface area contributed by atoms with Crippen molar-refractivity contribution >= 4 is 11.8 Å². The first-order valence-corrected chi connectivity index (χ1v) is 7.59. The van der Waals surface area contributed by atoms with Gasteiger partial charge in [0.1, 0.15) is 0 Å². The monoisotopic (exact) mass is 283 g/mol. The van der Waals surface area contributed by atoms with Crippen molar-refractivity contribution < 1.29 is 9.59 Å². The van der Waals surface area contributed by atoms with Gasteiger partial charge >= 0.3 is 0 Å². The van der Waals surface area contributed by atoms with Crippen LogP contribution in [0.25, 0.3) is 0 Å². The van der Waals surface area contributed by atoms with Crippen LogP contribution < -0.4 is 0 Å². The number of hydrogen-bond donors (Lipinski definition) is 0. The summed E-state index contributed by atoms with van der Waals surface area (Å²) in [7, 11) is 2.08. The second kappa shape index (κ2) is 8.25. The largest absolute Gasteiger partial charge is 0.343 e. The second-order valence-corrected chi connectivity index (χ2v) is 6.00. The number of hydrogen-bond acceptors (Lipinski definition) is 3. The van der Waals surface area contributed by atoms with Gasteiger partial charge in [-0.3, -0.25) is 9.59 Å². The summed E-state index contributed by atoms with van der Waals surface area (Å²) in [6.07, 6.45) is 2.36. The van der Waals surface area contributed by atoms with Crippen LogP contribution in [0, 0.1) is 5.92 Å². The molecule has 5 nitrogen and oxygen atoms in total. The Morgan fingerprint density at radius 2 is 1.20 bits per heavy atom. The molecule has 0 bridgehead atoms. The van der Waals surface area contributed by atoms with Gasteiger partial charge in [0.05, 0.1) is 0 Å². The zero-order valence-electron chi connectivity index (χ0n) is 13.4. The van der Waals surface area contributed by atoms with E-state index >= 15 is 0 Å². The van der Waals surface area contributed by atoms with Crippen LogP contribution in [-0.4, -0.2) is 72.8 Å². The quantitative estimate of drug-likeness (QED) is 0.667. The molecule has 2 heterocycles. The van der Waals surface area contributed by atoms with E-state index in [9.17, 15) is 9.59 Å². The van der Waals surface area contributed by atoms with Crippen molar-refractivity contribution in [2.45, 2.75) is 33.6 Å². The van der Waals surface area contributed by atoms with Crippen LogP contribution in [0.2, 0.25) is 0 Å². The lowest BCUT2D eigenvalue weighted by atomic mass is 9.99. The molecular weight excluding hydrogens is 254 g/mol. The number of piperidine rings is 1. The molecule has 0 aromatic carbocycles. The minimum absolute atomic E-state index is 0.202. The van der Waals surface area contributed by atoms with Crippen LogP contribution in [-0.2, 0) is 9.59 Å². The van der Waals surface area contributed by atoms with E-state index in [0.717, 1.165) is 45.2 Å². The minimum atomic E-state index is 0.202. The molecule has 2 aliphatic heterocycles. The molecule has 20 heavy (non-hydrogen) atoms. The predicted molar refractivity (Wildman–Crippen MR) is 80.4 cm³/mol. The molecule has 2 aliphatic rings. The van der Waals surface area contributed by atoms with Gasteiger partial charge in [-0.15, -0.1) is 0 Å². The van der Waals surface area contributed by atoms with E-state index in [1.165, 1.54) is 12.8 Å². The minimum Gasteiger partial charge on any atom is -0.343 e. The molecule has 0 aromatic heterocycles. The Morgan fingerprint density at radius 1 is 0.800 bits per heavy atom. The van der Waals surface area contributed by atoms with Gasteiger partial charge in [-0.2, -0.15) is 0 Å². The van der Waals surface area contributed by atoms with Crippen LogP contribution >= 0.6 is 0 Å². The van der Waals surface area contributed by atoms with Gasteiger partial charge in [0.2, 0.25) is 11.8 Å². The third-order valence-corrected chi connectivity index (χ3v) is 4.18. The summed E-state index contributed by atoms with van der Waals surface area (Å²) >= 11 is 0. The van der Waals surface area contributed by atoms with Gasteiger partial charge in [0, 0.05) is 53.1 Å². The number of likely N-dealkylation sites (N-methyl/N-ethyl adjacent to an activating group) is 1. The average Bonchev–Trinajstić information content (AvgIpc) is 2.40. The molecular formula is C15H29N3O2. The Labute approximate surface area is 122 Å². The standard InChI is InChI=1S/C8H15NO.C7H14N2O/c1-7-3-5-9(6-4-7)8(2)10;1-7(10)9-5-3-8(2)4-6-9/h7H,3-6H2,1-2H3;3-6H2,1-2H3. The molecule has 0 spiro atoms. The van der Waals surface area contributed by atoms with E-state index in [4.69, 9.17) is 0 Å². The second-order valence-electron chi connectivity index (χ2n) is 6.00. The molecule has 0 radical (unpaired) electrons. The molecule has 2 fully saturated rings. The summed E-state index contributed by atoms with van der Waals surface area (Å²) in [5.74, 6) is 1.25. The lowest BCUT2D eigenvalue weighted by Gasteiger charge is -2.31. The Kier molecular flexibility index (Phi) is 6.99. The van der Waals surface area contributed by atoms with Crippen LogP contribution in [0.1, 0.15) is 33.6 Å². The number of rotatable bonds is 0. The van der Waals surface area contributed by atoms with Gasteiger partial charge < -0.3 is 14.7 Å². The number of carbonyl (C=O) groups excluding carboxylic acids is 2. The third kappa shape index (κ3) is 5.90. The van der Waals surface area contributed by atoms with Crippen LogP contribution in [0.5, 0.6) is 0 Å². The molecule has 0 unspecified atom stereocenters. The summed E-state index contributed by atoms with van der Waals surface area (Å²) in [5.41, 5.74) is 0. The summed E-state index contributed by atoms with van der Waals surface area (Å²) < 4.78 is 0. The predicted octanol–water partition coefficient (Wildman–Crippen LogP) is 1.05. The van der Waals surface area contributed by atoms with Crippen LogP contribution in [0.4, 0.5) is 0 Å². The number of carbonyl (C=O) groups is 2. The smallest absolute Gasteiger partial charge is 0.219 e. The van der Waals surface area contributed by atoms with E-state index in [2.05, 4.69) is 18.9 Å². The van der Waals surface area contributed by atoms with Gasteiger partial charge in [0.25, 0.3) is 0 Å². The number of nitrogens with zero attached hydrogens (tertiary/aromatic N) is 3. The fourth-order valence-electron chi connectivity index (χ4n) is 2.44. The molecule has 5 heteroatoms. The normalized spacial score (nSPS) is 21.2. The van der Waals surface area contributed by atoms with Crippen LogP contribution in [0.3, 0.4) is 0 Å². The maximum atomic E-state index is 10.8. The number of amides is 2. The van der Waals surface area contributed by atoms with E-state index in [1.54, 1.807) is 13.8 Å². The van der Waals surface area contributed by atoms with Gasteiger partial charge in [-0.1, -0.05) is 6.92 Å². The molecule has 2 amide bonds. The first-order chi connectivity index (χ1) is 9.40. The molecule has 2 rings (SSSR count). The maximum Gasteiger partial charge on any atom is 0.219 e. The van der Waals surface area contributed by atoms with Gasteiger partial charge in [-0.25, -0.2) is 0 Å². The Morgan fingerprint density at radius 3 is 1.60 bits per heavy atom. The van der Waals surface area contributed by atoms with Crippen molar-refractivity contribution in [3.8, 4) is 0 Å². The zero-order valence-corrected chi connectivity index (χ0v) is 13.4. The molecule has 2 saturated heterocycles. The first-order valence-electron chi connectivity index (χ1n) is 7.59. The summed E-state index contributed by atoms with van der Waals surface area (Å²) in [5, 5.41) is 0. The summed E-state index contributed by atoms with van der Waals surface area (Å²) in [6, 6.07) is 0. The topological polar surface area (TPSA) is 43.9 Å². The van der Waals surface area contributed by atoms with Crippen molar-refractivity contribution in [3.05, 3.63) is 0 Å². The highest BCUT2D eigenvalue weighted by atomic mass is 16.2. The van der Waals surface area contributed by atoms with Crippen molar-refractivity contribution in [3.63, 3.8) is 0 Å². The van der Waals surface area contributed by atoms with E-state index in [1.807, 2.05) is 9.80 Å². The number of piperazine rings is 1. The van der Waals surface area contributed by atoms with Crippen molar-refractivity contribution in [2.75, 3.05) is 46.3 Å². The SMILES string of the molecule is CC(=O)N1CCC(C)CC1.CC(=O)N1CCN(C)CC1. The average molecular weight is 283 g/mol. The molecule has 0 atom stereocenters. The number of likely N-dealkylation sites (tertiary alicyclic amines) is 1. The summed E-state index contributed by atoms with van der Waals surface area (Å²) in [6.45, 7) is 11.3. The Hall–Kier alpha value is -1.10. The fourth-order valence-corrected chi connectivity index (χ4v) is 2.44. The van der Waals surface area contributed by atoms with Crippen molar-refractivity contribution in [2.24, 2.45) is 5.92 Å². The van der Waals surface area contributed by atoms with Crippen molar-refractivity contribution in [1.82, 2.24) is 14.7 Å². The fraction of sp³-hybridized carbons (Fsp3) is 0.867. The van der Waals surface area contributed by atoms with E-state index in [-0.39, 0.29) is 11.8 Å². The highest BCUT2D eigenvalue weighted by Gasteiger charge is 2.16. The highest BCUT2D eigenvalue weighted by molar-refractivity contribution is 5.73. The first kappa shape index (κ1) is 17.0. The molecule has 0 aliphatic carbocycles. The molecule has 116 valence electrons. The van der Waals surface area contributed by atoms with E-state index < -0.39 is 0 Å². The Balaban J connectivity index is 0.000000200. The zero-order chi connectivity index (χ0) is 15.1. The molecule has 0 N–H and O–H groups in total. The molecule has 0 aromatic rings. The Bertz CT molecular complexity index is 285. The van der Waals surface area contributed by atoms with Gasteiger partial charge in [-0.05, 0) is 25.8 Å². The van der Waals surface area contributed by atoms with Crippen molar-refractivity contribution in [1.29, 1.82) is 0 Å². The lowest BCUT2D eigenvalue weighted by molar-refractivity contribution is -0.131. The van der Waals surface area contributed by atoms with Gasteiger partial charge in [0.15, 0.2) is 0 Å².